The van der Waals surface area contributed by atoms with Crippen LogP contribution in [0.3, 0.4) is 0 Å². The van der Waals surface area contributed by atoms with Crippen molar-refractivity contribution in [3.8, 4) is 0 Å². The maximum absolute atomic E-state index is 13.0. The Kier molecular flexibility index (Phi) is 21.0. The molecule has 84 heavy (non-hydrogen) atoms. The first-order valence-corrected chi connectivity index (χ1v) is 27.7. The van der Waals surface area contributed by atoms with Gasteiger partial charge in [-0.05, 0) is 120 Å². The van der Waals surface area contributed by atoms with Gasteiger partial charge in [-0.2, -0.15) is 36.3 Å². The number of nitrogens with zero attached hydrogens (tertiary/aromatic N) is 6. The molecule has 10 rings (SSSR count). The van der Waals surface area contributed by atoms with E-state index in [-0.39, 0.29) is 11.8 Å². The fourth-order valence-electron chi connectivity index (χ4n) is 9.70. The number of anilines is 10. The summed E-state index contributed by atoms with van der Waals surface area (Å²) in [5.41, 5.74) is 9.85. The van der Waals surface area contributed by atoms with E-state index < -0.39 is 24.3 Å². The summed E-state index contributed by atoms with van der Waals surface area (Å²) in [5.74, 6) is -2.91. The average molecular weight is 1210 g/mol. The highest BCUT2D eigenvalue weighted by molar-refractivity contribution is 6.33. The average Bonchev–Trinajstić information content (AvgIpc) is 3.53. The van der Waals surface area contributed by atoms with Gasteiger partial charge in [-0.25, -0.2) is 9.97 Å². The molecular formula is C58H64Cl2F6N12O6. The zero-order valence-corrected chi connectivity index (χ0v) is 48.0. The number of fused-ring (bicyclic) bond motifs is 12. The van der Waals surface area contributed by atoms with Crippen molar-refractivity contribution in [1.82, 2.24) is 19.9 Å². The fraction of sp³-hybridized carbons (Fsp3) is 0.379. The van der Waals surface area contributed by atoms with Crippen molar-refractivity contribution in [2.75, 3.05) is 86.3 Å². The maximum Gasteiger partial charge on any atom is 0.430 e. The summed E-state index contributed by atoms with van der Waals surface area (Å²) < 4.78 is 65.2. The zero-order chi connectivity index (χ0) is 61.0. The lowest BCUT2D eigenvalue weighted by molar-refractivity contribution is -0.896. The standard InChI is InChI=1S/2C27H31ClN6O.2C2HF3O2/c2*1-34(2)12-10-19(11-13-34)15-25(35)32-24-9-8-22-16-20(24)7-6-18-4-3-5-21(14-18)31-27-29-17-23(28)26(30-22)33-27;2*3-2(4,5)1(6)7/h2*3-5,8-9,14,16-17,19H,6-7,10-13,15H2,1-2H3,(H2-,29,30,31,32,33,35);2*(H,6,7). The Labute approximate surface area is 491 Å². The Bertz CT molecular complexity index is 3100. The highest BCUT2D eigenvalue weighted by Gasteiger charge is 2.31. The van der Waals surface area contributed by atoms with E-state index >= 15 is 0 Å². The molecule has 4 aliphatic heterocycles. The normalized spacial score (nSPS) is 16.1. The minimum atomic E-state index is -5.19. The number of rotatable bonds is 6. The first kappa shape index (κ1) is 63.8. The summed E-state index contributed by atoms with van der Waals surface area (Å²) >= 11 is 12.7. The van der Waals surface area contributed by atoms with Crippen LogP contribution in [0.5, 0.6) is 0 Å². The number of alkyl halides is 6. The van der Waals surface area contributed by atoms with Crippen LogP contribution in [0.2, 0.25) is 10.0 Å². The number of carboxylic acid groups (broad SMARTS) is 2. The first-order chi connectivity index (χ1) is 39.5. The Hall–Kier alpha value is -7.80. The van der Waals surface area contributed by atoms with Crippen molar-refractivity contribution >= 4 is 105 Å². The third-order valence-corrected chi connectivity index (χ3v) is 15.0. The van der Waals surface area contributed by atoms with Gasteiger partial charge in [-0.1, -0.05) is 47.5 Å². The van der Waals surface area contributed by atoms with E-state index in [0.29, 0.717) is 58.3 Å². The minimum Gasteiger partial charge on any atom is -0.542 e. The Morgan fingerprint density at radius 2 is 0.881 bits per heavy atom. The largest absolute Gasteiger partial charge is 0.542 e. The molecule has 0 saturated carbocycles. The molecule has 448 valence electrons. The highest BCUT2D eigenvalue weighted by atomic mass is 35.5. The predicted molar refractivity (Wildman–Crippen MR) is 306 cm³/mol. The smallest absolute Gasteiger partial charge is 0.430 e. The van der Waals surface area contributed by atoms with Crippen LogP contribution in [0.15, 0.2) is 97.3 Å². The van der Waals surface area contributed by atoms with Crippen LogP contribution in [-0.2, 0) is 44.9 Å². The maximum atomic E-state index is 13.0. The van der Waals surface area contributed by atoms with Gasteiger partial charge in [0.15, 0.2) is 11.6 Å². The number of piperidine rings is 2. The number of quaternary nitrogens is 2. The molecule has 12 bridgehead atoms. The summed E-state index contributed by atoms with van der Waals surface area (Å²) in [6.45, 7) is 4.52. The van der Waals surface area contributed by atoms with Gasteiger partial charge in [-0.3, -0.25) is 9.59 Å². The van der Waals surface area contributed by atoms with E-state index in [1.54, 1.807) is 12.4 Å². The third kappa shape index (κ3) is 19.7. The molecule has 2 fully saturated rings. The van der Waals surface area contributed by atoms with Gasteiger partial charge in [0.05, 0.1) is 66.8 Å². The number of benzene rings is 4. The summed E-state index contributed by atoms with van der Waals surface area (Å²) in [5, 5.41) is 38.0. The number of aliphatic carboxylic acids is 2. The highest BCUT2D eigenvalue weighted by Crippen LogP contribution is 2.33. The monoisotopic (exact) mass is 1210 g/mol. The summed E-state index contributed by atoms with van der Waals surface area (Å²) in [7, 11) is 9.06. The van der Waals surface area contributed by atoms with Gasteiger partial charge < -0.3 is 60.7 Å². The van der Waals surface area contributed by atoms with Crippen molar-refractivity contribution in [2.45, 2.75) is 76.6 Å². The lowest BCUT2D eigenvalue weighted by Crippen LogP contribution is -2.46. The number of halogens is 8. The quantitative estimate of drug-likeness (QED) is 0.0673. The Morgan fingerprint density at radius 3 is 1.23 bits per heavy atom. The molecule has 18 nitrogen and oxygen atoms in total. The lowest BCUT2D eigenvalue weighted by Gasteiger charge is -2.37. The number of carbonyl (C=O) groups is 4. The minimum absolute atomic E-state index is 0.0942. The summed E-state index contributed by atoms with van der Waals surface area (Å²) in [4.78, 5) is 61.2. The number of aromatic nitrogens is 4. The number of hydrogen-bond donors (Lipinski definition) is 6. The van der Waals surface area contributed by atoms with Crippen LogP contribution in [0.4, 0.5) is 84.0 Å². The van der Waals surface area contributed by atoms with E-state index in [1.807, 2.05) is 48.5 Å². The molecule has 0 aliphatic carbocycles. The molecule has 4 aliphatic rings. The number of amides is 2. The van der Waals surface area contributed by atoms with Gasteiger partial charge in [0.25, 0.3) is 0 Å². The number of carboxylic acids is 2. The second-order valence-corrected chi connectivity index (χ2v) is 23.0. The second-order valence-electron chi connectivity index (χ2n) is 22.2. The fourth-order valence-corrected chi connectivity index (χ4v) is 9.98. The zero-order valence-electron chi connectivity index (χ0n) is 46.4. The number of carbonyl (C=O) groups excluding carboxylic acids is 4. The number of nitrogens with one attached hydrogen (secondary N) is 6. The van der Waals surface area contributed by atoms with E-state index in [9.17, 15) is 35.9 Å². The van der Waals surface area contributed by atoms with E-state index in [4.69, 9.17) is 43.0 Å². The van der Waals surface area contributed by atoms with Crippen LogP contribution >= 0.6 is 23.2 Å². The van der Waals surface area contributed by atoms with Crippen molar-refractivity contribution in [1.29, 1.82) is 0 Å². The Balaban J connectivity index is 0.000000197. The molecule has 0 spiro atoms. The predicted octanol–water partition coefficient (Wildman–Crippen LogP) is 9.66. The molecule has 0 atom stereocenters. The SMILES string of the molecule is C[N+]1(C)CCC(CC(=O)Nc2ccc3cc2CCc2cccc(c2)Nc2ncc(Cl)c(n2)N3)CC1.C[N+]1(C)CCC(CC(=O)Nc2ccc3cc2CCc2cccc(c2)Nc2ncc(Cl)c(n2)N3)CC1.O=C([O-])C(F)(F)F.O=C([O-])C(F)(F)F. The van der Waals surface area contributed by atoms with Gasteiger partial charge in [0.2, 0.25) is 23.7 Å². The topological polar surface area (TPSA) is 238 Å². The van der Waals surface area contributed by atoms with Crippen LogP contribution in [0.1, 0.15) is 60.8 Å². The number of aryl methyl sites for hydroxylation is 4. The van der Waals surface area contributed by atoms with Crippen LogP contribution in [0, 0.1) is 11.8 Å². The van der Waals surface area contributed by atoms with Crippen LogP contribution < -0.4 is 42.1 Å². The van der Waals surface area contributed by atoms with E-state index in [2.05, 4.69) is 116 Å². The molecule has 6 N–H and O–H groups in total. The lowest BCUT2D eigenvalue weighted by atomic mass is 9.92. The van der Waals surface area contributed by atoms with Crippen LogP contribution in [0.25, 0.3) is 0 Å². The third-order valence-electron chi connectivity index (χ3n) is 14.5. The second kappa shape index (κ2) is 27.7. The number of likely N-dealkylation sites (tertiary alicyclic amines) is 2. The molecular weight excluding hydrogens is 1150 g/mol. The molecule has 4 aromatic carbocycles. The van der Waals surface area contributed by atoms with Crippen molar-refractivity contribution in [2.24, 2.45) is 11.8 Å². The van der Waals surface area contributed by atoms with Gasteiger partial charge in [0, 0.05) is 72.6 Å². The molecule has 2 saturated heterocycles. The van der Waals surface area contributed by atoms with Crippen LogP contribution in [-0.4, -0.2) is 119 Å². The number of hydrogen-bond acceptors (Lipinski definition) is 14. The Morgan fingerprint density at radius 1 is 0.536 bits per heavy atom. The molecule has 6 heterocycles. The van der Waals surface area contributed by atoms with Crippen molar-refractivity contribution < 1.29 is 64.7 Å². The molecule has 6 aromatic rings. The first-order valence-electron chi connectivity index (χ1n) is 26.9. The van der Waals surface area contributed by atoms with Crippen molar-refractivity contribution in [3.05, 3.63) is 130 Å². The molecule has 0 unspecified atom stereocenters. The summed E-state index contributed by atoms with van der Waals surface area (Å²) in [6.07, 6.45) is 1.61. The van der Waals surface area contributed by atoms with E-state index in [0.717, 1.165) is 132 Å². The molecule has 2 amide bonds. The molecule has 2 aromatic heterocycles. The van der Waals surface area contributed by atoms with Gasteiger partial charge in [-0.15, -0.1) is 0 Å². The molecule has 0 radical (unpaired) electrons. The molecule has 26 heteroatoms. The van der Waals surface area contributed by atoms with Gasteiger partial charge >= 0.3 is 12.4 Å². The van der Waals surface area contributed by atoms with E-state index in [1.165, 1.54) is 11.1 Å². The summed E-state index contributed by atoms with van der Waals surface area (Å²) in [6, 6.07) is 28.5. The van der Waals surface area contributed by atoms with Gasteiger partial charge in [0.1, 0.15) is 22.0 Å². The van der Waals surface area contributed by atoms with Crippen molar-refractivity contribution in [3.63, 3.8) is 0 Å².